The summed E-state index contributed by atoms with van der Waals surface area (Å²) < 4.78 is 25.8. The number of sulfonamides is 1. The van der Waals surface area contributed by atoms with Crippen LogP contribution in [0.2, 0.25) is 5.02 Å². The van der Waals surface area contributed by atoms with Crippen LogP contribution in [0.5, 0.6) is 0 Å². The number of carbonyl (C=O) groups is 2. The number of anilines is 1. The van der Waals surface area contributed by atoms with E-state index in [4.69, 9.17) is 16.7 Å². The standard InChI is InChI=1S/C11H13ClN2O5S/c1-6(11(16)17)14-20(18,19)8-3-4-10(9(12)5-8)13-7(2)15/h3-6,14H,1-2H3,(H,13,15)(H,16,17). The van der Waals surface area contributed by atoms with Gasteiger partial charge in [0.15, 0.2) is 0 Å². The number of halogens is 1. The average Bonchev–Trinajstić information content (AvgIpc) is 2.30. The topological polar surface area (TPSA) is 113 Å². The summed E-state index contributed by atoms with van der Waals surface area (Å²) in [6.45, 7) is 2.49. The molecule has 1 rings (SSSR count). The fraction of sp³-hybridized carbons (Fsp3) is 0.273. The fourth-order valence-electron chi connectivity index (χ4n) is 1.31. The van der Waals surface area contributed by atoms with Crippen molar-refractivity contribution in [3.8, 4) is 0 Å². The number of aliphatic carboxylic acids is 1. The van der Waals surface area contributed by atoms with Crippen LogP contribution in [0, 0.1) is 0 Å². The molecule has 1 aromatic carbocycles. The second kappa shape index (κ2) is 6.21. The van der Waals surface area contributed by atoms with Crippen molar-refractivity contribution in [2.45, 2.75) is 24.8 Å². The van der Waals surface area contributed by atoms with Gasteiger partial charge < -0.3 is 10.4 Å². The third-order valence-electron chi connectivity index (χ3n) is 2.26. The maximum Gasteiger partial charge on any atom is 0.321 e. The molecule has 110 valence electrons. The van der Waals surface area contributed by atoms with E-state index in [1.54, 1.807) is 0 Å². The molecule has 1 unspecified atom stereocenters. The van der Waals surface area contributed by atoms with E-state index in [1.807, 2.05) is 4.72 Å². The summed E-state index contributed by atoms with van der Waals surface area (Å²) in [5.41, 5.74) is 0.268. The lowest BCUT2D eigenvalue weighted by molar-refractivity contribution is -0.138. The number of carboxylic acids is 1. The summed E-state index contributed by atoms with van der Waals surface area (Å²) in [5, 5.41) is 11.2. The van der Waals surface area contributed by atoms with E-state index in [0.29, 0.717) is 0 Å². The SMILES string of the molecule is CC(=O)Nc1ccc(S(=O)(=O)NC(C)C(=O)O)cc1Cl. The van der Waals surface area contributed by atoms with E-state index in [0.717, 1.165) is 6.07 Å². The number of rotatable bonds is 5. The highest BCUT2D eigenvalue weighted by atomic mass is 35.5. The second-order valence-electron chi connectivity index (χ2n) is 4.00. The van der Waals surface area contributed by atoms with Gasteiger partial charge in [0.25, 0.3) is 0 Å². The molecule has 0 bridgehead atoms. The zero-order chi connectivity index (χ0) is 15.5. The predicted octanol–water partition coefficient (Wildman–Crippen LogP) is 1.05. The van der Waals surface area contributed by atoms with Gasteiger partial charge in [-0.15, -0.1) is 0 Å². The van der Waals surface area contributed by atoms with E-state index in [-0.39, 0.29) is 21.5 Å². The molecule has 0 aliphatic rings. The van der Waals surface area contributed by atoms with Crippen LogP contribution in [0.1, 0.15) is 13.8 Å². The number of benzene rings is 1. The number of hydrogen-bond donors (Lipinski definition) is 3. The largest absolute Gasteiger partial charge is 0.480 e. The van der Waals surface area contributed by atoms with Gasteiger partial charge in [-0.1, -0.05) is 11.6 Å². The van der Waals surface area contributed by atoms with Gasteiger partial charge in [0, 0.05) is 6.92 Å². The zero-order valence-corrected chi connectivity index (χ0v) is 12.2. The molecule has 0 aliphatic heterocycles. The van der Waals surface area contributed by atoms with Gasteiger partial charge in [0.1, 0.15) is 6.04 Å². The van der Waals surface area contributed by atoms with Crippen molar-refractivity contribution in [2.75, 3.05) is 5.32 Å². The van der Waals surface area contributed by atoms with Gasteiger partial charge in [0.2, 0.25) is 15.9 Å². The van der Waals surface area contributed by atoms with E-state index in [1.165, 1.54) is 26.0 Å². The van der Waals surface area contributed by atoms with Crippen molar-refractivity contribution < 1.29 is 23.1 Å². The second-order valence-corrected chi connectivity index (χ2v) is 6.13. The maximum absolute atomic E-state index is 11.9. The van der Waals surface area contributed by atoms with E-state index in [9.17, 15) is 18.0 Å². The highest BCUT2D eigenvalue weighted by Crippen LogP contribution is 2.25. The minimum Gasteiger partial charge on any atom is -0.480 e. The van der Waals surface area contributed by atoms with Crippen LogP contribution in [-0.2, 0) is 19.6 Å². The van der Waals surface area contributed by atoms with Gasteiger partial charge in [-0.3, -0.25) is 9.59 Å². The molecule has 1 amide bonds. The first kappa shape index (κ1) is 16.4. The van der Waals surface area contributed by atoms with E-state index in [2.05, 4.69) is 5.32 Å². The Kier molecular flexibility index (Phi) is 5.09. The number of carbonyl (C=O) groups excluding carboxylic acids is 1. The summed E-state index contributed by atoms with van der Waals surface area (Å²) in [5.74, 6) is -1.64. The lowest BCUT2D eigenvalue weighted by Gasteiger charge is -2.11. The van der Waals surface area contributed by atoms with Crippen molar-refractivity contribution in [3.05, 3.63) is 23.2 Å². The van der Waals surface area contributed by atoms with Gasteiger partial charge in [0.05, 0.1) is 15.6 Å². The van der Waals surface area contributed by atoms with Crippen molar-refractivity contribution in [1.82, 2.24) is 4.72 Å². The molecule has 0 heterocycles. The van der Waals surface area contributed by atoms with Crippen molar-refractivity contribution in [3.63, 3.8) is 0 Å². The molecule has 1 atom stereocenters. The minimum atomic E-state index is -4.00. The van der Waals surface area contributed by atoms with E-state index < -0.39 is 22.0 Å². The predicted molar refractivity (Wildman–Crippen MR) is 73.2 cm³/mol. The smallest absolute Gasteiger partial charge is 0.321 e. The molecule has 3 N–H and O–H groups in total. The Hall–Kier alpha value is -1.64. The van der Waals surface area contributed by atoms with Crippen molar-refractivity contribution in [1.29, 1.82) is 0 Å². The van der Waals surface area contributed by atoms with Gasteiger partial charge in [-0.05, 0) is 25.1 Å². The first-order chi connectivity index (χ1) is 9.13. The van der Waals surface area contributed by atoms with Crippen molar-refractivity contribution in [2.24, 2.45) is 0 Å². The number of hydrogen-bond acceptors (Lipinski definition) is 4. The number of nitrogens with one attached hydrogen (secondary N) is 2. The maximum atomic E-state index is 11.9. The van der Waals surface area contributed by atoms with Crippen LogP contribution in [-0.4, -0.2) is 31.4 Å². The monoisotopic (exact) mass is 320 g/mol. The molecule has 1 aromatic rings. The van der Waals surface area contributed by atoms with Crippen LogP contribution in [0.3, 0.4) is 0 Å². The van der Waals surface area contributed by atoms with Crippen LogP contribution in [0.25, 0.3) is 0 Å². The van der Waals surface area contributed by atoms with Gasteiger partial charge in [-0.2, -0.15) is 4.72 Å². The summed E-state index contributed by atoms with van der Waals surface area (Å²) in [6, 6.07) is 2.40. The lowest BCUT2D eigenvalue weighted by Crippen LogP contribution is -2.38. The highest BCUT2D eigenvalue weighted by Gasteiger charge is 2.22. The number of carboxylic acid groups (broad SMARTS) is 1. The van der Waals surface area contributed by atoms with Crippen molar-refractivity contribution >= 4 is 39.2 Å². The average molecular weight is 321 g/mol. The van der Waals surface area contributed by atoms with Crippen LogP contribution in [0.4, 0.5) is 5.69 Å². The molecular weight excluding hydrogens is 308 g/mol. The number of amides is 1. The minimum absolute atomic E-state index is 0.0334. The van der Waals surface area contributed by atoms with Gasteiger partial charge >= 0.3 is 5.97 Å². The molecule has 20 heavy (non-hydrogen) atoms. The Labute approximate surface area is 121 Å². The van der Waals surface area contributed by atoms with Crippen LogP contribution in [0.15, 0.2) is 23.1 Å². The highest BCUT2D eigenvalue weighted by molar-refractivity contribution is 7.89. The Morgan fingerprint density at radius 3 is 2.40 bits per heavy atom. The lowest BCUT2D eigenvalue weighted by atomic mass is 10.3. The molecule has 0 aromatic heterocycles. The van der Waals surface area contributed by atoms with Crippen LogP contribution >= 0.6 is 11.6 Å². The Balaban J connectivity index is 3.05. The molecule has 7 nitrogen and oxygen atoms in total. The van der Waals surface area contributed by atoms with Gasteiger partial charge in [-0.25, -0.2) is 8.42 Å². The molecule has 0 fully saturated rings. The summed E-state index contributed by atoms with van der Waals surface area (Å²) in [7, 11) is -4.00. The quantitative estimate of drug-likeness (QED) is 0.750. The molecular formula is C11H13ClN2O5S. The summed E-state index contributed by atoms with van der Waals surface area (Å²) in [6.07, 6.45) is 0. The summed E-state index contributed by atoms with van der Waals surface area (Å²) in [4.78, 5) is 21.4. The Morgan fingerprint density at radius 1 is 1.35 bits per heavy atom. The molecule has 9 heteroatoms. The third-order valence-corrected chi connectivity index (χ3v) is 4.12. The van der Waals surface area contributed by atoms with Crippen LogP contribution < -0.4 is 10.0 Å². The Morgan fingerprint density at radius 2 is 1.95 bits per heavy atom. The first-order valence-corrected chi connectivity index (χ1v) is 7.32. The first-order valence-electron chi connectivity index (χ1n) is 5.46. The molecule has 0 aliphatic carbocycles. The molecule has 0 spiro atoms. The normalized spacial score (nSPS) is 12.8. The summed E-state index contributed by atoms with van der Waals surface area (Å²) >= 11 is 5.86. The van der Waals surface area contributed by atoms with E-state index >= 15 is 0 Å². The third kappa shape index (κ3) is 4.19. The zero-order valence-electron chi connectivity index (χ0n) is 10.7. The molecule has 0 saturated heterocycles. The molecule has 0 radical (unpaired) electrons. The Bertz CT molecular complexity index is 644. The fourth-order valence-corrected chi connectivity index (χ4v) is 2.82. The molecule has 0 saturated carbocycles.